The molecule has 0 saturated carbocycles. The molecule has 0 aromatic heterocycles. The van der Waals surface area contributed by atoms with Crippen LogP contribution in [-0.4, -0.2) is 47.4 Å². The SMILES string of the molecule is CCC/C=C\C/C=C\CCCCCCCC(=O)OCCCCCCCCCCCCCCCCCCCCCCCCCCCCCCCCCCCCCCCC(=O)NC(CO)C(O)CCCCCCCCCCCCC. The van der Waals surface area contributed by atoms with Gasteiger partial charge in [-0.25, -0.2) is 0 Å². The quantitative estimate of drug-likeness (QED) is 0.0320. The Morgan fingerprint density at radius 3 is 1.03 bits per heavy atom. The summed E-state index contributed by atoms with van der Waals surface area (Å²) >= 11 is 0. The first kappa shape index (κ1) is 76.3. The van der Waals surface area contributed by atoms with Gasteiger partial charge in [0.15, 0.2) is 0 Å². The number of allylic oxidation sites excluding steroid dienone is 4. The van der Waals surface area contributed by atoms with Gasteiger partial charge in [-0.15, -0.1) is 0 Å². The number of carbonyl (C=O) groups excluding carboxylic acids is 2. The molecule has 0 fully saturated rings. The molecule has 0 aliphatic heterocycles. The number of aliphatic hydroxyl groups excluding tert-OH is 2. The molecule has 0 aliphatic carbocycles. The number of carbonyl (C=O) groups is 2. The van der Waals surface area contributed by atoms with Crippen molar-refractivity contribution in [2.45, 2.75) is 411 Å². The molecule has 0 rings (SSSR count). The standard InChI is InChI=1S/C72H139NO5/c1-3-5-7-9-11-13-15-41-46-50-54-58-62-66-72(77)78-67-63-59-55-51-47-43-40-38-36-34-32-30-28-26-24-22-20-18-16-17-19-21-23-25-27-29-31-33-35-37-39-42-45-49-53-57-61-65-71(76)73-69(68-74)70(75)64-60-56-52-48-44-14-12-10-8-6-4-2/h7,9,13,15,69-70,74-75H,3-6,8,10-12,14,16-68H2,1-2H3,(H,73,76)/b9-7-,15-13-. The van der Waals surface area contributed by atoms with Crippen LogP contribution in [0, 0.1) is 0 Å². The summed E-state index contributed by atoms with van der Waals surface area (Å²) in [6.07, 6.45) is 85.4. The molecule has 0 aromatic rings. The molecule has 0 aromatic carbocycles. The molecule has 0 heterocycles. The van der Waals surface area contributed by atoms with Crippen molar-refractivity contribution in [2.24, 2.45) is 0 Å². The molecule has 2 atom stereocenters. The second-order valence-electron chi connectivity index (χ2n) is 24.6. The van der Waals surface area contributed by atoms with Gasteiger partial charge in [-0.1, -0.05) is 359 Å². The van der Waals surface area contributed by atoms with Gasteiger partial charge in [0.05, 0.1) is 25.4 Å². The minimum absolute atomic E-state index is 0.00829. The Morgan fingerprint density at radius 2 is 0.667 bits per heavy atom. The highest BCUT2D eigenvalue weighted by atomic mass is 16.5. The van der Waals surface area contributed by atoms with Crippen molar-refractivity contribution in [1.29, 1.82) is 0 Å². The van der Waals surface area contributed by atoms with Gasteiger partial charge in [0.2, 0.25) is 5.91 Å². The van der Waals surface area contributed by atoms with Gasteiger partial charge in [0, 0.05) is 12.8 Å². The van der Waals surface area contributed by atoms with Crippen LogP contribution in [0.15, 0.2) is 24.3 Å². The maximum atomic E-state index is 12.5. The van der Waals surface area contributed by atoms with Crippen molar-refractivity contribution in [3.8, 4) is 0 Å². The number of esters is 1. The molecule has 6 heteroatoms. The van der Waals surface area contributed by atoms with E-state index in [2.05, 4.69) is 43.5 Å². The fourth-order valence-corrected chi connectivity index (χ4v) is 11.3. The van der Waals surface area contributed by atoms with E-state index in [9.17, 15) is 19.8 Å². The Balaban J connectivity index is 3.27. The third-order valence-corrected chi connectivity index (χ3v) is 16.7. The monoisotopic (exact) mass is 1100 g/mol. The second-order valence-corrected chi connectivity index (χ2v) is 24.6. The van der Waals surface area contributed by atoms with E-state index >= 15 is 0 Å². The third kappa shape index (κ3) is 63.5. The van der Waals surface area contributed by atoms with Crippen LogP contribution in [0.4, 0.5) is 0 Å². The van der Waals surface area contributed by atoms with Crippen molar-refractivity contribution in [3.63, 3.8) is 0 Å². The minimum Gasteiger partial charge on any atom is -0.466 e. The molecule has 1 amide bonds. The van der Waals surface area contributed by atoms with Crippen LogP contribution >= 0.6 is 0 Å². The summed E-state index contributed by atoms with van der Waals surface area (Å²) in [6, 6.07) is -0.535. The van der Waals surface area contributed by atoms with Crippen LogP contribution in [0.3, 0.4) is 0 Å². The number of unbranched alkanes of at least 4 members (excludes halogenated alkanes) is 52. The van der Waals surface area contributed by atoms with E-state index in [4.69, 9.17) is 4.74 Å². The molecule has 78 heavy (non-hydrogen) atoms. The maximum absolute atomic E-state index is 12.5. The molecule has 3 N–H and O–H groups in total. The summed E-state index contributed by atoms with van der Waals surface area (Å²) < 4.78 is 5.48. The second kappa shape index (κ2) is 67.8. The molecule has 0 aliphatic rings. The zero-order valence-electron chi connectivity index (χ0n) is 52.9. The Morgan fingerprint density at radius 1 is 0.359 bits per heavy atom. The maximum Gasteiger partial charge on any atom is 0.305 e. The predicted octanol–water partition coefficient (Wildman–Crippen LogP) is 22.9. The van der Waals surface area contributed by atoms with Gasteiger partial charge in [-0.3, -0.25) is 9.59 Å². The highest BCUT2D eigenvalue weighted by Crippen LogP contribution is 2.19. The average Bonchev–Trinajstić information content (AvgIpc) is 3.44. The first-order valence-corrected chi connectivity index (χ1v) is 35.6. The minimum atomic E-state index is -0.658. The summed E-state index contributed by atoms with van der Waals surface area (Å²) in [5.41, 5.74) is 0. The number of nitrogens with one attached hydrogen (secondary N) is 1. The molecule has 0 radical (unpaired) electrons. The van der Waals surface area contributed by atoms with E-state index < -0.39 is 12.1 Å². The summed E-state index contributed by atoms with van der Waals surface area (Å²) in [5, 5.41) is 23.2. The van der Waals surface area contributed by atoms with Crippen LogP contribution < -0.4 is 5.32 Å². The van der Waals surface area contributed by atoms with Gasteiger partial charge < -0.3 is 20.3 Å². The lowest BCUT2D eigenvalue weighted by atomic mass is 10.0. The van der Waals surface area contributed by atoms with Crippen molar-refractivity contribution < 1.29 is 24.5 Å². The van der Waals surface area contributed by atoms with Crippen LogP contribution in [0.2, 0.25) is 0 Å². The van der Waals surface area contributed by atoms with Crippen LogP contribution in [0.1, 0.15) is 399 Å². The van der Waals surface area contributed by atoms with Crippen molar-refractivity contribution in [1.82, 2.24) is 5.32 Å². The Hall–Kier alpha value is -1.66. The normalized spacial score (nSPS) is 12.6. The summed E-state index contributed by atoms with van der Waals surface area (Å²) in [5.74, 6) is -0.0199. The van der Waals surface area contributed by atoms with Crippen molar-refractivity contribution >= 4 is 11.9 Å². The van der Waals surface area contributed by atoms with E-state index in [-0.39, 0.29) is 18.5 Å². The van der Waals surface area contributed by atoms with E-state index in [0.717, 1.165) is 51.4 Å². The molecular formula is C72H139NO5. The van der Waals surface area contributed by atoms with Crippen molar-refractivity contribution in [2.75, 3.05) is 13.2 Å². The highest BCUT2D eigenvalue weighted by molar-refractivity contribution is 5.76. The lowest BCUT2D eigenvalue weighted by Crippen LogP contribution is -2.45. The van der Waals surface area contributed by atoms with Gasteiger partial charge >= 0.3 is 5.97 Å². The average molecular weight is 1100 g/mol. The first-order chi connectivity index (χ1) is 38.5. The molecule has 2 unspecified atom stereocenters. The molecule has 0 bridgehead atoms. The summed E-state index contributed by atoms with van der Waals surface area (Å²) in [4.78, 5) is 24.5. The van der Waals surface area contributed by atoms with E-state index in [1.165, 1.54) is 315 Å². The Labute approximate surface area is 488 Å². The van der Waals surface area contributed by atoms with E-state index in [1.54, 1.807) is 0 Å². The molecular weight excluding hydrogens is 959 g/mol. The lowest BCUT2D eigenvalue weighted by molar-refractivity contribution is -0.143. The molecule has 0 saturated heterocycles. The highest BCUT2D eigenvalue weighted by Gasteiger charge is 2.20. The Kier molecular flexibility index (Phi) is 66.4. The van der Waals surface area contributed by atoms with Gasteiger partial charge in [-0.2, -0.15) is 0 Å². The van der Waals surface area contributed by atoms with Gasteiger partial charge in [-0.05, 0) is 51.4 Å². The van der Waals surface area contributed by atoms with Crippen LogP contribution in [0.5, 0.6) is 0 Å². The smallest absolute Gasteiger partial charge is 0.305 e. The first-order valence-electron chi connectivity index (χ1n) is 35.6. The van der Waals surface area contributed by atoms with Crippen LogP contribution in [0.25, 0.3) is 0 Å². The predicted molar refractivity (Wildman–Crippen MR) is 343 cm³/mol. The van der Waals surface area contributed by atoms with E-state index in [0.29, 0.717) is 25.9 Å². The third-order valence-electron chi connectivity index (χ3n) is 16.7. The molecule has 0 spiro atoms. The Bertz CT molecular complexity index is 1220. The van der Waals surface area contributed by atoms with Crippen LogP contribution in [-0.2, 0) is 14.3 Å². The number of hydrogen-bond donors (Lipinski definition) is 3. The zero-order chi connectivity index (χ0) is 56.4. The largest absolute Gasteiger partial charge is 0.466 e. The van der Waals surface area contributed by atoms with Gasteiger partial charge in [0.25, 0.3) is 0 Å². The number of ether oxygens (including phenoxy) is 1. The van der Waals surface area contributed by atoms with Gasteiger partial charge in [0.1, 0.15) is 0 Å². The summed E-state index contributed by atoms with van der Waals surface area (Å²) in [6.45, 7) is 4.90. The summed E-state index contributed by atoms with van der Waals surface area (Å²) in [7, 11) is 0. The molecule has 462 valence electrons. The topological polar surface area (TPSA) is 95.9 Å². The number of rotatable bonds is 67. The fraction of sp³-hybridized carbons (Fsp3) is 0.917. The number of aliphatic hydroxyl groups is 2. The number of amides is 1. The van der Waals surface area contributed by atoms with Crippen molar-refractivity contribution in [3.05, 3.63) is 24.3 Å². The zero-order valence-corrected chi connectivity index (χ0v) is 52.9. The fourth-order valence-electron chi connectivity index (χ4n) is 11.3. The number of hydrogen-bond acceptors (Lipinski definition) is 5. The lowest BCUT2D eigenvalue weighted by Gasteiger charge is -2.22. The van der Waals surface area contributed by atoms with E-state index in [1.807, 2.05) is 0 Å². The molecule has 6 nitrogen and oxygen atoms in total.